The number of halogens is 1. The van der Waals surface area contributed by atoms with Crippen molar-refractivity contribution < 1.29 is 0 Å². The van der Waals surface area contributed by atoms with Gasteiger partial charge in [-0.2, -0.15) is 0 Å². The minimum atomic E-state index is 0.251. The third-order valence-corrected chi connectivity index (χ3v) is 3.45. The Morgan fingerprint density at radius 1 is 1.12 bits per heavy atom. The maximum atomic E-state index is 6.00. The SMILES string of the molecule is Nc1cnc(Sc2ccnc(N)c2Cl)c(N)n1. The molecule has 6 nitrogen and oxygen atoms in total. The predicted octanol–water partition coefficient (Wildman–Crippen LogP) is 1.42. The smallest absolute Gasteiger partial charge is 0.158 e. The highest BCUT2D eigenvalue weighted by molar-refractivity contribution is 7.99. The van der Waals surface area contributed by atoms with Crippen molar-refractivity contribution in [1.82, 2.24) is 15.0 Å². The molecule has 0 aliphatic carbocycles. The molecule has 0 radical (unpaired) electrons. The summed E-state index contributed by atoms with van der Waals surface area (Å²) in [5.41, 5.74) is 16.7. The highest BCUT2D eigenvalue weighted by Crippen LogP contribution is 2.36. The number of pyridine rings is 1. The van der Waals surface area contributed by atoms with E-state index in [0.29, 0.717) is 14.9 Å². The van der Waals surface area contributed by atoms with Crippen LogP contribution in [-0.2, 0) is 0 Å². The van der Waals surface area contributed by atoms with Crippen molar-refractivity contribution >= 4 is 40.8 Å². The van der Waals surface area contributed by atoms with E-state index in [0.717, 1.165) is 0 Å². The number of hydrogen-bond donors (Lipinski definition) is 3. The van der Waals surface area contributed by atoms with Crippen molar-refractivity contribution in [2.24, 2.45) is 0 Å². The van der Waals surface area contributed by atoms with Crippen LogP contribution >= 0.6 is 23.4 Å². The summed E-state index contributed by atoms with van der Waals surface area (Å²) in [4.78, 5) is 12.6. The van der Waals surface area contributed by atoms with Gasteiger partial charge < -0.3 is 17.2 Å². The lowest BCUT2D eigenvalue weighted by atomic mass is 10.5. The fourth-order valence-corrected chi connectivity index (χ4v) is 2.12. The van der Waals surface area contributed by atoms with Gasteiger partial charge in [-0.05, 0) is 6.07 Å². The molecule has 0 aliphatic heterocycles. The molecule has 8 heteroatoms. The summed E-state index contributed by atoms with van der Waals surface area (Å²) in [6, 6.07) is 1.72. The van der Waals surface area contributed by atoms with Gasteiger partial charge in [0.15, 0.2) is 5.82 Å². The second kappa shape index (κ2) is 4.64. The van der Waals surface area contributed by atoms with Crippen molar-refractivity contribution in [3.63, 3.8) is 0 Å². The lowest BCUT2D eigenvalue weighted by Gasteiger charge is -2.06. The quantitative estimate of drug-likeness (QED) is 0.754. The summed E-state index contributed by atoms with van der Waals surface area (Å²) >= 11 is 7.26. The molecule has 0 bridgehead atoms. The molecule has 0 aromatic carbocycles. The van der Waals surface area contributed by atoms with Crippen LogP contribution in [0.25, 0.3) is 0 Å². The van der Waals surface area contributed by atoms with Crippen LogP contribution in [0.5, 0.6) is 0 Å². The average molecular weight is 269 g/mol. The zero-order valence-electron chi connectivity index (χ0n) is 8.59. The van der Waals surface area contributed by atoms with E-state index >= 15 is 0 Å². The van der Waals surface area contributed by atoms with Crippen molar-refractivity contribution in [2.75, 3.05) is 17.2 Å². The summed E-state index contributed by atoms with van der Waals surface area (Å²) in [5, 5.41) is 0.891. The highest BCUT2D eigenvalue weighted by atomic mass is 35.5. The van der Waals surface area contributed by atoms with Crippen LogP contribution in [0.4, 0.5) is 17.5 Å². The maximum Gasteiger partial charge on any atom is 0.158 e. The summed E-state index contributed by atoms with van der Waals surface area (Å²) < 4.78 is 0. The Labute approximate surface area is 107 Å². The van der Waals surface area contributed by atoms with E-state index in [2.05, 4.69) is 15.0 Å². The molecule has 6 N–H and O–H groups in total. The molecular formula is C9H9ClN6S. The zero-order chi connectivity index (χ0) is 12.4. The third-order valence-electron chi connectivity index (χ3n) is 1.87. The molecule has 0 fully saturated rings. The van der Waals surface area contributed by atoms with Gasteiger partial charge in [-0.15, -0.1) is 0 Å². The monoisotopic (exact) mass is 268 g/mol. The minimum Gasteiger partial charge on any atom is -0.382 e. The van der Waals surface area contributed by atoms with Gasteiger partial charge in [0.25, 0.3) is 0 Å². The molecule has 0 saturated carbocycles. The van der Waals surface area contributed by atoms with Crippen LogP contribution in [0.15, 0.2) is 28.4 Å². The molecule has 88 valence electrons. The molecule has 17 heavy (non-hydrogen) atoms. The normalized spacial score (nSPS) is 10.4. The van der Waals surface area contributed by atoms with Crippen molar-refractivity contribution in [1.29, 1.82) is 0 Å². The van der Waals surface area contributed by atoms with Crippen LogP contribution < -0.4 is 17.2 Å². The number of aromatic nitrogens is 3. The summed E-state index contributed by atoms with van der Waals surface area (Å²) in [7, 11) is 0. The minimum absolute atomic E-state index is 0.251. The van der Waals surface area contributed by atoms with E-state index in [4.69, 9.17) is 28.8 Å². The number of hydrogen-bond acceptors (Lipinski definition) is 7. The van der Waals surface area contributed by atoms with Gasteiger partial charge in [-0.1, -0.05) is 23.4 Å². The molecule has 0 amide bonds. The van der Waals surface area contributed by atoms with Crippen molar-refractivity contribution in [2.45, 2.75) is 9.92 Å². The highest BCUT2D eigenvalue weighted by Gasteiger charge is 2.10. The molecule has 0 aliphatic rings. The fourth-order valence-electron chi connectivity index (χ4n) is 1.11. The van der Waals surface area contributed by atoms with Crippen LogP contribution in [0.1, 0.15) is 0 Å². The second-order valence-electron chi connectivity index (χ2n) is 3.10. The van der Waals surface area contributed by atoms with Crippen LogP contribution in [0, 0.1) is 0 Å². The number of rotatable bonds is 2. The summed E-state index contributed by atoms with van der Waals surface area (Å²) in [5.74, 6) is 0.785. The van der Waals surface area contributed by atoms with Gasteiger partial charge in [-0.25, -0.2) is 15.0 Å². The van der Waals surface area contributed by atoms with Crippen LogP contribution in [-0.4, -0.2) is 15.0 Å². The van der Waals surface area contributed by atoms with E-state index in [9.17, 15) is 0 Å². The topological polar surface area (TPSA) is 117 Å². The Kier molecular flexibility index (Phi) is 3.21. The number of nitrogen functional groups attached to an aromatic ring is 3. The average Bonchev–Trinajstić information content (AvgIpc) is 2.28. The lowest BCUT2D eigenvalue weighted by molar-refractivity contribution is 1.08. The molecular weight excluding hydrogens is 260 g/mol. The standard InChI is InChI=1S/C9H9ClN6S/c10-6-4(1-2-14-7(6)12)17-9-8(13)16-5(11)3-15-9/h1-3H,(H2,12,14)(H4,11,13,16). The molecule has 2 aromatic heterocycles. The lowest BCUT2D eigenvalue weighted by Crippen LogP contribution is -2.00. The van der Waals surface area contributed by atoms with E-state index in [1.165, 1.54) is 18.0 Å². The van der Waals surface area contributed by atoms with Gasteiger partial charge >= 0.3 is 0 Å². The third kappa shape index (κ3) is 2.51. The maximum absolute atomic E-state index is 6.00. The number of anilines is 3. The Morgan fingerprint density at radius 2 is 1.88 bits per heavy atom. The molecule has 2 heterocycles. The summed E-state index contributed by atoms with van der Waals surface area (Å²) in [6.07, 6.45) is 2.99. The number of nitrogens with two attached hydrogens (primary N) is 3. The molecule has 0 atom stereocenters. The van der Waals surface area contributed by atoms with Gasteiger partial charge in [-0.3, -0.25) is 0 Å². The Hall–Kier alpha value is -1.73. The van der Waals surface area contributed by atoms with Crippen LogP contribution in [0.3, 0.4) is 0 Å². The first kappa shape index (κ1) is 11.7. The number of nitrogens with zero attached hydrogens (tertiary/aromatic N) is 3. The first-order valence-electron chi connectivity index (χ1n) is 4.53. The molecule has 0 saturated heterocycles. The van der Waals surface area contributed by atoms with Gasteiger partial charge in [0.2, 0.25) is 0 Å². The van der Waals surface area contributed by atoms with Crippen molar-refractivity contribution in [3.05, 3.63) is 23.5 Å². The van der Waals surface area contributed by atoms with Gasteiger partial charge in [0.1, 0.15) is 16.7 Å². The van der Waals surface area contributed by atoms with Gasteiger partial charge in [0, 0.05) is 11.1 Å². The Morgan fingerprint density at radius 3 is 2.59 bits per heavy atom. The van der Waals surface area contributed by atoms with Gasteiger partial charge in [0.05, 0.1) is 11.2 Å². The van der Waals surface area contributed by atoms with Crippen molar-refractivity contribution in [3.8, 4) is 0 Å². The first-order chi connectivity index (χ1) is 8.08. The largest absolute Gasteiger partial charge is 0.382 e. The van der Waals surface area contributed by atoms with Crippen LogP contribution in [0.2, 0.25) is 5.02 Å². The fraction of sp³-hybridized carbons (Fsp3) is 0. The summed E-state index contributed by atoms with van der Waals surface area (Å²) in [6.45, 7) is 0. The molecule has 0 spiro atoms. The predicted molar refractivity (Wildman–Crippen MR) is 68.6 cm³/mol. The first-order valence-corrected chi connectivity index (χ1v) is 5.73. The Balaban J connectivity index is 2.35. The van der Waals surface area contributed by atoms with E-state index in [1.54, 1.807) is 12.3 Å². The second-order valence-corrected chi connectivity index (χ2v) is 4.50. The Bertz CT molecular complexity index is 561. The van der Waals surface area contributed by atoms with E-state index in [1.807, 2.05) is 0 Å². The van der Waals surface area contributed by atoms with E-state index in [-0.39, 0.29) is 17.5 Å². The van der Waals surface area contributed by atoms with E-state index < -0.39 is 0 Å². The molecule has 0 unspecified atom stereocenters. The zero-order valence-corrected chi connectivity index (χ0v) is 10.2. The molecule has 2 rings (SSSR count). The molecule has 2 aromatic rings.